The molecule has 0 radical (unpaired) electrons. The van der Waals surface area contributed by atoms with Crippen molar-refractivity contribution in [3.05, 3.63) is 42.5 Å². The molecule has 1 nitrogen and oxygen atoms in total. The number of phenols is 1. The number of aromatic hydroxyl groups is 1. The Kier molecular flexibility index (Phi) is 6.31. The fourth-order valence-corrected chi connectivity index (χ4v) is 1.18. The van der Waals surface area contributed by atoms with Crippen molar-refractivity contribution >= 4 is 10.8 Å². The summed E-state index contributed by atoms with van der Waals surface area (Å²) in [5.74, 6) is 0.323. The van der Waals surface area contributed by atoms with Crippen LogP contribution in [-0.4, -0.2) is 5.11 Å². The van der Waals surface area contributed by atoms with Gasteiger partial charge in [0, 0.05) is 0 Å². The molecule has 0 spiro atoms. The van der Waals surface area contributed by atoms with Gasteiger partial charge in [-0.15, -0.1) is 0 Å². The molecule has 58 valence electrons. The van der Waals surface area contributed by atoms with Crippen LogP contribution >= 0.6 is 0 Å². The third-order valence-corrected chi connectivity index (χ3v) is 1.73. The molecule has 0 aliphatic heterocycles. The van der Waals surface area contributed by atoms with Gasteiger partial charge in [-0.1, -0.05) is 30.3 Å². The zero-order valence-corrected chi connectivity index (χ0v) is 12.0. The molecule has 0 heterocycles. The van der Waals surface area contributed by atoms with Crippen molar-refractivity contribution in [2.45, 2.75) is 0 Å². The van der Waals surface area contributed by atoms with Gasteiger partial charge >= 0.3 is 59.1 Å². The van der Waals surface area contributed by atoms with Crippen LogP contribution in [0.4, 0.5) is 0 Å². The molecule has 1 N–H and O–H groups in total. The third-order valence-electron chi connectivity index (χ3n) is 1.73. The Morgan fingerprint density at radius 1 is 0.846 bits per heavy atom. The second kappa shape index (κ2) is 6.07. The van der Waals surface area contributed by atoms with Gasteiger partial charge < -0.3 is 7.96 Å². The number of hydrogen-bond donors (Lipinski definition) is 1. The molecule has 0 bridgehead atoms. The molecular formula is C10H10Na2O. The van der Waals surface area contributed by atoms with Gasteiger partial charge in [-0.2, -0.15) is 0 Å². The Labute approximate surface area is 125 Å². The first kappa shape index (κ1) is 13.5. The molecule has 0 atom stereocenters. The van der Waals surface area contributed by atoms with Crippen molar-refractivity contribution in [1.82, 2.24) is 0 Å². The maximum absolute atomic E-state index is 9.13. The van der Waals surface area contributed by atoms with E-state index in [1.165, 1.54) is 0 Å². The summed E-state index contributed by atoms with van der Waals surface area (Å²) < 4.78 is 0. The minimum atomic E-state index is 0. The van der Waals surface area contributed by atoms with E-state index in [1.807, 2.05) is 30.3 Å². The molecule has 0 amide bonds. The molecule has 3 heteroatoms. The second-order valence-corrected chi connectivity index (χ2v) is 2.53. The molecule has 2 aromatic carbocycles. The van der Waals surface area contributed by atoms with E-state index in [1.54, 1.807) is 12.1 Å². The molecule has 0 aliphatic carbocycles. The smallest absolute Gasteiger partial charge is 1.00 e. The fourth-order valence-electron chi connectivity index (χ4n) is 1.18. The first-order valence-electron chi connectivity index (χ1n) is 3.54. The predicted octanol–water partition coefficient (Wildman–Crippen LogP) is -3.22. The van der Waals surface area contributed by atoms with Crippen LogP contribution in [0.25, 0.3) is 10.8 Å². The standard InChI is InChI=1S/C10H8O.2Na.2H/c11-10-6-5-8-3-1-2-4-9(8)7-10;;;;/h1-7,11H;;;;/q;2*+1;2*-1. The van der Waals surface area contributed by atoms with Crippen LogP contribution in [-0.2, 0) is 0 Å². The van der Waals surface area contributed by atoms with Gasteiger partial charge in [0.25, 0.3) is 0 Å². The fraction of sp³-hybridized carbons (Fsp3) is 0. The molecule has 2 rings (SSSR count). The van der Waals surface area contributed by atoms with E-state index in [9.17, 15) is 0 Å². The van der Waals surface area contributed by atoms with E-state index < -0.39 is 0 Å². The van der Waals surface area contributed by atoms with Crippen molar-refractivity contribution in [2.24, 2.45) is 0 Å². The van der Waals surface area contributed by atoms with Gasteiger partial charge in [0.1, 0.15) is 5.75 Å². The van der Waals surface area contributed by atoms with Crippen LogP contribution in [0.2, 0.25) is 0 Å². The monoisotopic (exact) mass is 192 g/mol. The van der Waals surface area contributed by atoms with Crippen molar-refractivity contribution in [3.63, 3.8) is 0 Å². The topological polar surface area (TPSA) is 20.2 Å². The van der Waals surface area contributed by atoms with Gasteiger partial charge in [-0.05, 0) is 22.9 Å². The normalized spacial score (nSPS) is 8.62. The zero-order valence-electron chi connectivity index (χ0n) is 9.99. The Morgan fingerprint density at radius 2 is 1.46 bits per heavy atom. The number of phenolic OH excluding ortho intramolecular Hbond substituents is 1. The van der Waals surface area contributed by atoms with E-state index in [0.717, 1.165) is 10.8 Å². The van der Waals surface area contributed by atoms with Gasteiger partial charge in [-0.25, -0.2) is 0 Å². The van der Waals surface area contributed by atoms with Gasteiger partial charge in [0.05, 0.1) is 0 Å². The first-order valence-corrected chi connectivity index (χ1v) is 3.54. The molecule has 0 saturated heterocycles. The molecule has 13 heavy (non-hydrogen) atoms. The van der Waals surface area contributed by atoms with Crippen LogP contribution in [0.15, 0.2) is 42.5 Å². The summed E-state index contributed by atoms with van der Waals surface area (Å²) in [5, 5.41) is 11.4. The van der Waals surface area contributed by atoms with Crippen LogP contribution in [0.5, 0.6) is 5.75 Å². The minimum absolute atomic E-state index is 0. The van der Waals surface area contributed by atoms with E-state index >= 15 is 0 Å². The summed E-state index contributed by atoms with van der Waals surface area (Å²) in [6, 6.07) is 13.3. The molecule has 0 aliphatic rings. The van der Waals surface area contributed by atoms with Crippen molar-refractivity contribution in [2.75, 3.05) is 0 Å². The molecule has 0 fully saturated rings. The number of hydrogen-bond acceptors (Lipinski definition) is 1. The Bertz CT molecular complexity index is 396. The average molecular weight is 192 g/mol. The van der Waals surface area contributed by atoms with E-state index in [2.05, 4.69) is 0 Å². The van der Waals surface area contributed by atoms with Crippen LogP contribution in [0.3, 0.4) is 0 Å². The molecule has 0 aromatic heterocycles. The Balaban J connectivity index is -0.000000360. The molecule has 0 unspecified atom stereocenters. The summed E-state index contributed by atoms with van der Waals surface area (Å²) in [7, 11) is 0. The first-order chi connectivity index (χ1) is 5.36. The number of rotatable bonds is 0. The van der Waals surface area contributed by atoms with Crippen molar-refractivity contribution < 1.29 is 67.1 Å². The molecule has 2 aromatic rings. The predicted molar refractivity (Wildman–Crippen MR) is 47.8 cm³/mol. The van der Waals surface area contributed by atoms with Gasteiger partial charge in [0.15, 0.2) is 0 Å². The van der Waals surface area contributed by atoms with E-state index in [4.69, 9.17) is 5.11 Å². The van der Waals surface area contributed by atoms with Crippen molar-refractivity contribution in [1.29, 1.82) is 0 Å². The molecule has 0 saturated carbocycles. The summed E-state index contributed by atoms with van der Waals surface area (Å²) in [6.07, 6.45) is 0. The Hall–Kier alpha value is 0.500. The Morgan fingerprint density at radius 3 is 2.15 bits per heavy atom. The third kappa shape index (κ3) is 3.28. The number of benzene rings is 2. The summed E-state index contributed by atoms with van der Waals surface area (Å²) in [6.45, 7) is 0. The van der Waals surface area contributed by atoms with Crippen LogP contribution < -0.4 is 59.1 Å². The van der Waals surface area contributed by atoms with Gasteiger partial charge in [0.2, 0.25) is 0 Å². The summed E-state index contributed by atoms with van der Waals surface area (Å²) in [4.78, 5) is 0. The molecular weight excluding hydrogens is 182 g/mol. The van der Waals surface area contributed by atoms with E-state index in [0.29, 0.717) is 5.75 Å². The summed E-state index contributed by atoms with van der Waals surface area (Å²) in [5.41, 5.74) is 0. The van der Waals surface area contributed by atoms with Gasteiger partial charge in [-0.3, -0.25) is 0 Å². The summed E-state index contributed by atoms with van der Waals surface area (Å²) >= 11 is 0. The van der Waals surface area contributed by atoms with E-state index in [-0.39, 0.29) is 62.0 Å². The second-order valence-electron chi connectivity index (χ2n) is 2.53. The average Bonchev–Trinajstić information content (AvgIpc) is 2.04. The maximum Gasteiger partial charge on any atom is 1.00 e. The minimum Gasteiger partial charge on any atom is -1.00 e. The van der Waals surface area contributed by atoms with Crippen LogP contribution in [0, 0.1) is 0 Å². The zero-order chi connectivity index (χ0) is 7.68. The SMILES string of the molecule is Oc1ccc2ccccc2c1.[H-].[H-].[Na+].[Na+]. The largest absolute Gasteiger partial charge is 1.00 e. The van der Waals surface area contributed by atoms with Crippen molar-refractivity contribution in [3.8, 4) is 5.75 Å². The quantitative estimate of drug-likeness (QED) is 0.435. The van der Waals surface area contributed by atoms with Crippen LogP contribution in [0.1, 0.15) is 2.85 Å². The number of fused-ring (bicyclic) bond motifs is 1. The maximum atomic E-state index is 9.13.